The molecule has 0 radical (unpaired) electrons. The van der Waals surface area contributed by atoms with Crippen LogP contribution in [-0.4, -0.2) is 46.5 Å². The summed E-state index contributed by atoms with van der Waals surface area (Å²) < 4.78 is 6.02. The lowest BCUT2D eigenvalue weighted by Gasteiger charge is -2.21. The van der Waals surface area contributed by atoms with E-state index in [4.69, 9.17) is 4.74 Å². The minimum Gasteiger partial charge on any atom is -0.507 e. The molecule has 0 fully saturated rings. The van der Waals surface area contributed by atoms with Crippen LogP contribution in [0.3, 0.4) is 0 Å². The first kappa shape index (κ1) is 17.5. The van der Waals surface area contributed by atoms with E-state index in [1.807, 2.05) is 0 Å². The number of nitrogens with zero attached hydrogens (tertiary/aromatic N) is 2. The highest BCUT2D eigenvalue weighted by molar-refractivity contribution is 6.06. The first-order valence-electron chi connectivity index (χ1n) is 7.40. The molecule has 1 unspecified atom stereocenters. The monoisotopic (exact) mass is 332 g/mol. The van der Waals surface area contributed by atoms with Gasteiger partial charge in [0.05, 0.1) is 7.11 Å². The number of ketones is 1. The summed E-state index contributed by atoms with van der Waals surface area (Å²) in [7, 11) is 4.58. The first-order chi connectivity index (χ1) is 11.3. The average molecular weight is 332 g/mol. The van der Waals surface area contributed by atoms with Crippen molar-refractivity contribution in [2.75, 3.05) is 14.2 Å². The van der Waals surface area contributed by atoms with Crippen molar-refractivity contribution in [3.8, 4) is 5.75 Å². The SMILES string of the molecule is COC(=O)C1CC=C(/C=C/C(=O)c2c(O)cc(C)n(C)c2=O)N1C. The van der Waals surface area contributed by atoms with Crippen molar-refractivity contribution in [1.82, 2.24) is 9.47 Å². The molecule has 1 aromatic heterocycles. The van der Waals surface area contributed by atoms with Crippen molar-refractivity contribution < 1.29 is 19.4 Å². The quantitative estimate of drug-likeness (QED) is 0.501. The van der Waals surface area contributed by atoms with Gasteiger partial charge in [0.15, 0.2) is 5.78 Å². The highest BCUT2D eigenvalue weighted by Crippen LogP contribution is 2.22. The van der Waals surface area contributed by atoms with Gasteiger partial charge in [0.2, 0.25) is 0 Å². The second-order valence-electron chi connectivity index (χ2n) is 5.62. The third-order valence-corrected chi connectivity index (χ3v) is 4.20. The molecule has 0 spiro atoms. The van der Waals surface area contributed by atoms with Crippen LogP contribution in [0.25, 0.3) is 0 Å². The standard InChI is InChI=1S/C17H20N2O5/c1-10-9-14(21)15(16(22)18(10)2)13(20)8-6-11-5-7-12(19(11)3)17(23)24-4/h5-6,8-9,12,21H,7H2,1-4H3/b8-6+. The van der Waals surface area contributed by atoms with Crippen LogP contribution in [0.15, 0.2) is 34.8 Å². The lowest BCUT2D eigenvalue weighted by Crippen LogP contribution is -2.34. The minimum atomic E-state index is -0.594. The Labute approximate surface area is 139 Å². The van der Waals surface area contributed by atoms with Crippen molar-refractivity contribution in [2.45, 2.75) is 19.4 Å². The molecule has 0 saturated carbocycles. The number of carbonyl (C=O) groups is 2. The number of likely N-dealkylation sites (N-methyl/N-ethyl adjacent to an activating group) is 1. The largest absolute Gasteiger partial charge is 0.507 e. The highest BCUT2D eigenvalue weighted by atomic mass is 16.5. The van der Waals surface area contributed by atoms with Crippen LogP contribution in [0, 0.1) is 6.92 Å². The second-order valence-corrected chi connectivity index (χ2v) is 5.62. The van der Waals surface area contributed by atoms with Crippen LogP contribution < -0.4 is 5.56 Å². The van der Waals surface area contributed by atoms with Gasteiger partial charge in [0, 0.05) is 31.6 Å². The number of esters is 1. The van der Waals surface area contributed by atoms with Gasteiger partial charge >= 0.3 is 5.97 Å². The Kier molecular flexibility index (Phi) is 4.92. The van der Waals surface area contributed by atoms with Crippen LogP contribution in [0.2, 0.25) is 0 Å². The number of aromatic nitrogens is 1. The fourth-order valence-corrected chi connectivity index (χ4v) is 2.57. The van der Waals surface area contributed by atoms with Gasteiger partial charge in [-0.15, -0.1) is 0 Å². The van der Waals surface area contributed by atoms with Gasteiger partial charge in [0.1, 0.15) is 17.4 Å². The molecule has 2 heterocycles. The van der Waals surface area contributed by atoms with Crippen molar-refractivity contribution >= 4 is 11.8 Å². The van der Waals surface area contributed by atoms with Gasteiger partial charge in [-0.2, -0.15) is 0 Å². The fourth-order valence-electron chi connectivity index (χ4n) is 2.57. The Morgan fingerprint density at radius 3 is 2.67 bits per heavy atom. The molecule has 0 saturated heterocycles. The van der Waals surface area contributed by atoms with Gasteiger partial charge < -0.3 is 19.3 Å². The first-order valence-corrected chi connectivity index (χ1v) is 7.40. The number of hydrogen-bond acceptors (Lipinski definition) is 6. The molecule has 1 N–H and O–H groups in total. The number of carbonyl (C=O) groups excluding carboxylic acids is 2. The Morgan fingerprint density at radius 2 is 2.04 bits per heavy atom. The number of ether oxygens (including phenoxy) is 1. The van der Waals surface area contributed by atoms with E-state index in [0.29, 0.717) is 17.8 Å². The number of aryl methyl sites for hydroxylation is 1. The van der Waals surface area contributed by atoms with Gasteiger partial charge in [0.25, 0.3) is 5.56 Å². The van der Waals surface area contributed by atoms with E-state index in [1.165, 1.54) is 36.9 Å². The maximum absolute atomic E-state index is 12.3. The molecule has 1 aliphatic heterocycles. The van der Waals surface area contributed by atoms with Crippen molar-refractivity contribution in [3.63, 3.8) is 0 Å². The van der Waals surface area contributed by atoms with E-state index in [1.54, 1.807) is 24.9 Å². The van der Waals surface area contributed by atoms with Crippen LogP contribution in [0.1, 0.15) is 22.5 Å². The summed E-state index contributed by atoms with van der Waals surface area (Å²) >= 11 is 0. The predicted molar refractivity (Wildman–Crippen MR) is 87.8 cm³/mol. The molecule has 2 rings (SSSR count). The van der Waals surface area contributed by atoms with Crippen molar-refractivity contribution in [2.24, 2.45) is 7.05 Å². The summed E-state index contributed by atoms with van der Waals surface area (Å²) in [5.74, 6) is -1.29. The molecule has 1 atom stereocenters. The zero-order valence-electron chi connectivity index (χ0n) is 14.1. The third kappa shape index (κ3) is 3.10. The molecule has 7 heteroatoms. The Morgan fingerprint density at radius 1 is 1.38 bits per heavy atom. The minimum absolute atomic E-state index is 0.273. The molecule has 24 heavy (non-hydrogen) atoms. The molecule has 128 valence electrons. The van der Waals surface area contributed by atoms with Crippen molar-refractivity contribution in [1.29, 1.82) is 0 Å². The highest BCUT2D eigenvalue weighted by Gasteiger charge is 2.28. The number of rotatable bonds is 4. The van der Waals surface area contributed by atoms with E-state index in [-0.39, 0.29) is 17.3 Å². The maximum atomic E-state index is 12.3. The number of allylic oxidation sites excluding steroid dienone is 2. The fraction of sp³-hybridized carbons (Fsp3) is 0.353. The molecule has 0 amide bonds. The van der Waals surface area contributed by atoms with E-state index < -0.39 is 17.4 Å². The van der Waals surface area contributed by atoms with E-state index in [0.717, 1.165) is 0 Å². The zero-order chi connectivity index (χ0) is 18.0. The number of methoxy groups -OCH3 is 1. The molecule has 0 aliphatic carbocycles. The number of pyridine rings is 1. The summed E-state index contributed by atoms with van der Waals surface area (Å²) in [5.41, 5.74) is 0.396. The zero-order valence-corrected chi connectivity index (χ0v) is 14.1. The Balaban J connectivity index is 2.23. The summed E-state index contributed by atoms with van der Waals surface area (Å²) in [6.45, 7) is 1.66. The van der Waals surface area contributed by atoms with Crippen LogP contribution >= 0.6 is 0 Å². The van der Waals surface area contributed by atoms with Crippen molar-refractivity contribution in [3.05, 3.63) is 51.6 Å². The topological polar surface area (TPSA) is 88.8 Å². The van der Waals surface area contributed by atoms with Gasteiger partial charge in [-0.1, -0.05) is 6.08 Å². The third-order valence-electron chi connectivity index (χ3n) is 4.20. The molecular formula is C17H20N2O5. The smallest absolute Gasteiger partial charge is 0.328 e. The molecule has 0 bridgehead atoms. The molecule has 1 aromatic rings. The normalized spacial score (nSPS) is 17.2. The Bertz CT molecular complexity index is 804. The van der Waals surface area contributed by atoms with Gasteiger partial charge in [-0.25, -0.2) is 4.79 Å². The maximum Gasteiger partial charge on any atom is 0.328 e. The van der Waals surface area contributed by atoms with Gasteiger partial charge in [-0.3, -0.25) is 9.59 Å². The van der Waals surface area contributed by atoms with E-state index in [9.17, 15) is 19.5 Å². The van der Waals surface area contributed by atoms with Crippen LogP contribution in [0.4, 0.5) is 0 Å². The second kappa shape index (κ2) is 6.74. The summed E-state index contributed by atoms with van der Waals surface area (Å²) in [5, 5.41) is 9.90. The number of aromatic hydroxyl groups is 1. The molecular weight excluding hydrogens is 312 g/mol. The Hall–Kier alpha value is -2.83. The van der Waals surface area contributed by atoms with Gasteiger partial charge in [-0.05, 0) is 25.5 Å². The average Bonchev–Trinajstić information content (AvgIpc) is 2.91. The molecule has 7 nitrogen and oxygen atoms in total. The lowest BCUT2D eigenvalue weighted by molar-refractivity contribution is -0.145. The summed E-state index contributed by atoms with van der Waals surface area (Å²) in [6.07, 6.45) is 5.02. The van der Waals surface area contributed by atoms with Crippen LogP contribution in [0.5, 0.6) is 5.75 Å². The number of hydrogen-bond donors (Lipinski definition) is 1. The summed E-state index contributed by atoms with van der Waals surface area (Å²) in [4.78, 5) is 37.8. The summed E-state index contributed by atoms with van der Waals surface area (Å²) in [6, 6.07) is 0.946. The lowest BCUT2D eigenvalue weighted by atomic mass is 10.1. The predicted octanol–water partition coefficient (Wildman–Crippen LogP) is 0.899. The molecule has 0 aromatic carbocycles. The molecule has 1 aliphatic rings. The van der Waals surface area contributed by atoms with E-state index in [2.05, 4.69) is 0 Å². The van der Waals surface area contributed by atoms with Crippen LogP contribution in [-0.2, 0) is 16.6 Å². The van der Waals surface area contributed by atoms with E-state index >= 15 is 0 Å².